The van der Waals surface area contributed by atoms with Crippen LogP contribution >= 0.6 is 23.8 Å². The first kappa shape index (κ1) is 9.69. The second-order valence-corrected chi connectivity index (χ2v) is 3.35. The summed E-state index contributed by atoms with van der Waals surface area (Å²) in [6, 6.07) is 7.92. The average molecular weight is 198 g/mol. The molecule has 1 aromatic carbocycles. The fraction of sp³-hybridized carbons (Fsp3) is 0.300. The zero-order chi connectivity index (χ0) is 8.81. The Morgan fingerprint density at radius 1 is 1.25 bits per heavy atom. The zero-order valence-electron chi connectivity index (χ0n) is 6.72. The van der Waals surface area contributed by atoms with Gasteiger partial charge in [-0.2, -0.15) is 0 Å². The molecule has 0 saturated carbocycles. The van der Waals surface area contributed by atoms with Crippen molar-refractivity contribution in [3.05, 3.63) is 34.9 Å². The van der Waals surface area contributed by atoms with E-state index < -0.39 is 0 Å². The molecule has 0 N–H and O–H groups in total. The van der Waals surface area contributed by atoms with Gasteiger partial charge in [0.05, 0.1) is 0 Å². The van der Waals surface area contributed by atoms with Crippen LogP contribution in [0.1, 0.15) is 18.4 Å². The first-order valence-electron chi connectivity index (χ1n) is 3.92. The molecule has 0 heterocycles. The maximum absolute atomic E-state index is 5.74. The van der Waals surface area contributed by atoms with E-state index >= 15 is 0 Å². The van der Waals surface area contributed by atoms with Crippen LogP contribution in [0.15, 0.2) is 24.3 Å². The van der Waals surface area contributed by atoms with E-state index in [2.05, 4.69) is 17.6 Å². The Bertz CT molecular complexity index is 241. The summed E-state index contributed by atoms with van der Waals surface area (Å²) in [5, 5.41) is 3.50. The van der Waals surface area contributed by atoms with Gasteiger partial charge < -0.3 is 0 Å². The summed E-state index contributed by atoms with van der Waals surface area (Å²) in [5.41, 5.74) is 1.31. The molecule has 0 unspecified atom stereocenters. The van der Waals surface area contributed by atoms with Crippen LogP contribution in [0, 0.1) is 0 Å². The van der Waals surface area contributed by atoms with Crippen molar-refractivity contribution in [2.45, 2.75) is 19.3 Å². The van der Waals surface area contributed by atoms with Crippen LogP contribution in [0.25, 0.3) is 0 Å². The van der Waals surface area contributed by atoms with Gasteiger partial charge in [0.2, 0.25) is 0 Å². The second kappa shape index (κ2) is 5.28. The third-order valence-corrected chi connectivity index (χ3v) is 2.11. The maximum Gasteiger partial charge on any atom is 0.0406 e. The van der Waals surface area contributed by atoms with Crippen molar-refractivity contribution in [3.63, 3.8) is 0 Å². The lowest BCUT2D eigenvalue weighted by atomic mass is 10.1. The van der Waals surface area contributed by atoms with Gasteiger partial charge in [-0.3, -0.25) is 0 Å². The Morgan fingerprint density at radius 3 is 2.50 bits per heavy atom. The summed E-state index contributed by atoms with van der Waals surface area (Å²) in [7, 11) is 0. The first-order valence-corrected chi connectivity index (χ1v) is 4.71. The highest BCUT2D eigenvalue weighted by Gasteiger charge is 1.91. The molecule has 0 nitrogen and oxygen atoms in total. The molecule has 1 radical (unpaired) electrons. The van der Waals surface area contributed by atoms with E-state index in [1.165, 1.54) is 5.56 Å². The van der Waals surface area contributed by atoms with Crippen LogP contribution in [0.5, 0.6) is 0 Å². The molecular formula is C10H10ClS. The number of aryl methyl sites for hydroxylation is 1. The Balaban J connectivity index is 2.42. The molecular weight excluding hydrogens is 188 g/mol. The molecule has 0 fully saturated rings. The summed E-state index contributed by atoms with van der Waals surface area (Å²) in [6.45, 7) is 0. The molecule has 1 aromatic rings. The molecule has 0 spiro atoms. The minimum Gasteiger partial charge on any atom is -0.0843 e. The van der Waals surface area contributed by atoms with Crippen molar-refractivity contribution in [3.8, 4) is 0 Å². The van der Waals surface area contributed by atoms with E-state index in [1.807, 2.05) is 24.3 Å². The van der Waals surface area contributed by atoms with Crippen LogP contribution in [0.3, 0.4) is 0 Å². The lowest BCUT2D eigenvalue weighted by Crippen LogP contribution is -1.84. The number of unbranched alkanes of at least 4 members (excludes halogenated alkanes) is 1. The number of rotatable bonds is 4. The van der Waals surface area contributed by atoms with Gasteiger partial charge in [0.25, 0.3) is 0 Å². The van der Waals surface area contributed by atoms with Gasteiger partial charge >= 0.3 is 0 Å². The topological polar surface area (TPSA) is 0 Å². The molecule has 2 heteroatoms. The number of halogens is 1. The summed E-state index contributed by atoms with van der Waals surface area (Å²) in [4.78, 5) is 0. The lowest BCUT2D eigenvalue weighted by molar-refractivity contribution is 0.879. The number of hydrogen-bond acceptors (Lipinski definition) is 1. The molecule has 0 aliphatic rings. The summed E-state index contributed by atoms with van der Waals surface area (Å²) in [6.07, 6.45) is 3.02. The number of thiocarbonyl (C=S) groups is 1. The van der Waals surface area contributed by atoms with Crippen molar-refractivity contribution >= 4 is 29.2 Å². The van der Waals surface area contributed by atoms with Crippen LogP contribution in [-0.2, 0) is 6.42 Å². The summed E-state index contributed by atoms with van der Waals surface area (Å²) < 4.78 is 0. The molecule has 0 aromatic heterocycles. The molecule has 0 atom stereocenters. The second-order valence-electron chi connectivity index (χ2n) is 2.62. The van der Waals surface area contributed by atoms with Crippen molar-refractivity contribution in [1.82, 2.24) is 0 Å². The van der Waals surface area contributed by atoms with Crippen molar-refractivity contribution < 1.29 is 0 Å². The van der Waals surface area contributed by atoms with Gasteiger partial charge in [0.15, 0.2) is 0 Å². The molecule has 12 heavy (non-hydrogen) atoms. The fourth-order valence-corrected chi connectivity index (χ4v) is 1.29. The summed E-state index contributed by atoms with van der Waals surface area (Å²) >= 11 is 10.4. The molecule has 0 bridgehead atoms. The van der Waals surface area contributed by atoms with E-state index in [4.69, 9.17) is 11.6 Å². The van der Waals surface area contributed by atoms with E-state index in [0.29, 0.717) is 0 Å². The van der Waals surface area contributed by atoms with Gasteiger partial charge in [-0.05, 0) is 37.0 Å². The van der Waals surface area contributed by atoms with Gasteiger partial charge in [0, 0.05) is 10.4 Å². The molecule has 0 amide bonds. The SMILES string of the molecule is S=[C]CCCc1ccc(Cl)cc1. The van der Waals surface area contributed by atoms with Crippen molar-refractivity contribution in [1.29, 1.82) is 0 Å². The lowest BCUT2D eigenvalue weighted by Gasteiger charge is -1.98. The van der Waals surface area contributed by atoms with Gasteiger partial charge in [-0.25, -0.2) is 0 Å². The third-order valence-electron chi connectivity index (χ3n) is 1.66. The third kappa shape index (κ3) is 3.33. The zero-order valence-corrected chi connectivity index (χ0v) is 8.29. The van der Waals surface area contributed by atoms with Crippen LogP contribution in [-0.4, -0.2) is 5.37 Å². The highest BCUT2D eigenvalue weighted by molar-refractivity contribution is 7.78. The molecule has 0 saturated heterocycles. The molecule has 63 valence electrons. The molecule has 0 aliphatic heterocycles. The highest BCUT2D eigenvalue weighted by Crippen LogP contribution is 2.11. The average Bonchev–Trinajstić information content (AvgIpc) is 2.09. The largest absolute Gasteiger partial charge is 0.0843 e. The fourth-order valence-electron chi connectivity index (χ4n) is 1.02. The first-order chi connectivity index (χ1) is 5.83. The van der Waals surface area contributed by atoms with Crippen molar-refractivity contribution in [2.75, 3.05) is 0 Å². The van der Waals surface area contributed by atoms with Crippen LogP contribution < -0.4 is 0 Å². The number of benzene rings is 1. The van der Waals surface area contributed by atoms with E-state index in [0.717, 1.165) is 24.3 Å². The predicted octanol–water partition coefficient (Wildman–Crippen LogP) is 3.54. The maximum atomic E-state index is 5.74. The van der Waals surface area contributed by atoms with E-state index in [1.54, 1.807) is 0 Å². The minimum atomic E-state index is 0.792. The monoisotopic (exact) mass is 197 g/mol. The standard InChI is InChI=1S/C10H10ClS/c11-10-6-4-9(5-7-10)3-1-2-8-12/h4-7H,1-3H2. The minimum absolute atomic E-state index is 0.792. The van der Waals surface area contributed by atoms with Crippen LogP contribution in [0.4, 0.5) is 0 Å². The quantitative estimate of drug-likeness (QED) is 0.526. The van der Waals surface area contributed by atoms with Crippen molar-refractivity contribution in [2.24, 2.45) is 0 Å². The van der Waals surface area contributed by atoms with E-state index in [-0.39, 0.29) is 0 Å². The van der Waals surface area contributed by atoms with Crippen LogP contribution in [0.2, 0.25) is 5.02 Å². The Kier molecular flexibility index (Phi) is 4.26. The molecule has 1 rings (SSSR count). The molecule has 0 aliphatic carbocycles. The Morgan fingerprint density at radius 2 is 1.92 bits per heavy atom. The van der Waals surface area contributed by atoms with Gasteiger partial charge in [-0.15, -0.1) is 0 Å². The van der Waals surface area contributed by atoms with Gasteiger partial charge in [0.1, 0.15) is 0 Å². The van der Waals surface area contributed by atoms with E-state index in [9.17, 15) is 0 Å². The normalized spacial score (nSPS) is 9.75. The Labute approximate surface area is 83.6 Å². The summed E-state index contributed by atoms with van der Waals surface area (Å²) in [5.74, 6) is 0. The predicted molar refractivity (Wildman–Crippen MR) is 57.0 cm³/mol. The number of hydrogen-bond donors (Lipinski definition) is 0. The smallest absolute Gasteiger partial charge is 0.0406 e. The highest BCUT2D eigenvalue weighted by atomic mass is 35.5. The Hall–Kier alpha value is -0.400. The van der Waals surface area contributed by atoms with Gasteiger partial charge in [-0.1, -0.05) is 36.0 Å².